The van der Waals surface area contributed by atoms with Crippen molar-refractivity contribution < 1.29 is 9.13 Å². The quantitative estimate of drug-likeness (QED) is 0.659. The first kappa shape index (κ1) is 15.3. The van der Waals surface area contributed by atoms with Gasteiger partial charge in [0.1, 0.15) is 5.82 Å². The van der Waals surface area contributed by atoms with E-state index >= 15 is 0 Å². The highest BCUT2D eigenvalue weighted by Crippen LogP contribution is 2.21. The molecule has 8 heteroatoms. The third-order valence-electron chi connectivity index (χ3n) is 3.51. The number of halogens is 1. The number of hydrogen-bond acceptors (Lipinski definition) is 6. The first-order valence-electron chi connectivity index (χ1n) is 7.13. The molecule has 3 rings (SSSR count). The average molecular weight is 323 g/mol. The Morgan fingerprint density at radius 1 is 1.18 bits per heavy atom. The van der Waals surface area contributed by atoms with Crippen LogP contribution < -0.4 is 5.84 Å². The van der Waals surface area contributed by atoms with Crippen molar-refractivity contribution in [1.29, 1.82) is 0 Å². The van der Waals surface area contributed by atoms with Crippen LogP contribution in [0, 0.1) is 5.82 Å². The van der Waals surface area contributed by atoms with Crippen LogP contribution in [0.3, 0.4) is 0 Å². The summed E-state index contributed by atoms with van der Waals surface area (Å²) in [7, 11) is 0. The van der Waals surface area contributed by atoms with Crippen molar-refractivity contribution in [2.24, 2.45) is 0 Å². The van der Waals surface area contributed by atoms with Crippen molar-refractivity contribution in [1.82, 2.24) is 19.8 Å². The molecular formula is C14H18FN5OS. The summed E-state index contributed by atoms with van der Waals surface area (Å²) < 4.78 is 19.7. The van der Waals surface area contributed by atoms with E-state index in [4.69, 9.17) is 10.6 Å². The molecule has 0 saturated carbocycles. The molecule has 0 atom stereocenters. The monoisotopic (exact) mass is 323 g/mol. The van der Waals surface area contributed by atoms with Crippen molar-refractivity contribution in [2.75, 3.05) is 44.4 Å². The second kappa shape index (κ2) is 7.08. The van der Waals surface area contributed by atoms with Gasteiger partial charge in [-0.1, -0.05) is 11.8 Å². The predicted octanol–water partition coefficient (Wildman–Crippen LogP) is 1.22. The number of hydrogen-bond donors (Lipinski definition) is 1. The van der Waals surface area contributed by atoms with E-state index in [1.807, 2.05) is 0 Å². The number of aromatic nitrogens is 3. The number of rotatable bonds is 5. The number of morpholine rings is 1. The predicted molar refractivity (Wildman–Crippen MR) is 83.5 cm³/mol. The molecule has 0 radical (unpaired) electrons. The van der Waals surface area contributed by atoms with Gasteiger partial charge in [0, 0.05) is 31.0 Å². The largest absolute Gasteiger partial charge is 0.379 e. The zero-order valence-corrected chi connectivity index (χ0v) is 12.9. The Kier molecular flexibility index (Phi) is 4.91. The van der Waals surface area contributed by atoms with E-state index in [-0.39, 0.29) is 5.82 Å². The van der Waals surface area contributed by atoms with Gasteiger partial charge in [0.15, 0.2) is 5.82 Å². The van der Waals surface area contributed by atoms with Crippen molar-refractivity contribution in [3.05, 3.63) is 30.1 Å². The Morgan fingerprint density at radius 2 is 1.91 bits per heavy atom. The standard InChI is InChI=1S/C14H18FN5OS/c15-12-3-1-11(2-4-12)13-17-18-14(20(13)16)22-10-7-19-5-8-21-9-6-19/h1-4H,5-10,16H2. The molecule has 2 N–H and O–H groups in total. The van der Waals surface area contributed by atoms with Gasteiger partial charge in [-0.05, 0) is 24.3 Å². The smallest absolute Gasteiger partial charge is 0.210 e. The molecule has 2 heterocycles. The van der Waals surface area contributed by atoms with Crippen LogP contribution >= 0.6 is 11.8 Å². The maximum atomic E-state index is 13.0. The SMILES string of the molecule is Nn1c(SCCN2CCOCC2)nnc1-c1ccc(F)cc1. The lowest BCUT2D eigenvalue weighted by molar-refractivity contribution is 0.0410. The van der Waals surface area contributed by atoms with Gasteiger partial charge in [-0.2, -0.15) is 0 Å². The summed E-state index contributed by atoms with van der Waals surface area (Å²) in [6.45, 7) is 4.50. The lowest BCUT2D eigenvalue weighted by atomic mass is 10.2. The minimum atomic E-state index is -0.285. The maximum absolute atomic E-state index is 13.0. The summed E-state index contributed by atoms with van der Waals surface area (Å²) in [5.74, 6) is 7.17. The van der Waals surface area contributed by atoms with E-state index in [0.29, 0.717) is 11.0 Å². The molecule has 1 aromatic heterocycles. The van der Waals surface area contributed by atoms with Gasteiger partial charge >= 0.3 is 0 Å². The number of nitrogens with zero attached hydrogens (tertiary/aromatic N) is 4. The highest BCUT2D eigenvalue weighted by molar-refractivity contribution is 7.99. The van der Waals surface area contributed by atoms with E-state index in [1.165, 1.54) is 16.8 Å². The Labute approximate surface area is 132 Å². The van der Waals surface area contributed by atoms with E-state index in [2.05, 4.69) is 15.1 Å². The number of ether oxygens (including phenoxy) is 1. The normalized spacial score (nSPS) is 16.0. The fourth-order valence-corrected chi connectivity index (χ4v) is 3.12. The van der Waals surface area contributed by atoms with Crippen molar-refractivity contribution >= 4 is 11.8 Å². The summed E-state index contributed by atoms with van der Waals surface area (Å²) in [6.07, 6.45) is 0. The topological polar surface area (TPSA) is 69.2 Å². The fourth-order valence-electron chi connectivity index (χ4n) is 2.26. The molecule has 118 valence electrons. The number of thioether (sulfide) groups is 1. The molecule has 1 fully saturated rings. The highest BCUT2D eigenvalue weighted by Gasteiger charge is 2.14. The van der Waals surface area contributed by atoms with Gasteiger partial charge in [-0.15, -0.1) is 10.2 Å². The molecule has 1 aliphatic rings. The van der Waals surface area contributed by atoms with E-state index in [1.54, 1.807) is 23.9 Å². The molecule has 0 aliphatic carbocycles. The second-order valence-electron chi connectivity index (χ2n) is 4.99. The van der Waals surface area contributed by atoms with Gasteiger partial charge in [-0.25, -0.2) is 9.07 Å². The van der Waals surface area contributed by atoms with Crippen molar-refractivity contribution in [3.8, 4) is 11.4 Å². The third-order valence-corrected chi connectivity index (χ3v) is 4.43. The van der Waals surface area contributed by atoms with Crippen molar-refractivity contribution in [3.63, 3.8) is 0 Å². The van der Waals surface area contributed by atoms with E-state index < -0.39 is 0 Å². The summed E-state index contributed by atoms with van der Waals surface area (Å²) in [6, 6.07) is 6.06. The van der Waals surface area contributed by atoms with Crippen LogP contribution in [0.1, 0.15) is 0 Å². The van der Waals surface area contributed by atoms with Gasteiger partial charge < -0.3 is 10.6 Å². The second-order valence-corrected chi connectivity index (χ2v) is 6.05. The Hall–Kier alpha value is -1.64. The van der Waals surface area contributed by atoms with E-state index in [9.17, 15) is 4.39 Å². The van der Waals surface area contributed by atoms with Crippen molar-refractivity contribution in [2.45, 2.75) is 5.16 Å². The molecule has 1 aromatic carbocycles. The Bertz CT molecular complexity index is 612. The molecule has 0 spiro atoms. The molecule has 2 aromatic rings. The molecule has 1 saturated heterocycles. The Morgan fingerprint density at radius 3 is 2.64 bits per heavy atom. The number of benzene rings is 1. The van der Waals surface area contributed by atoms with Crippen LogP contribution in [-0.4, -0.2) is 58.4 Å². The van der Waals surface area contributed by atoms with Gasteiger partial charge in [0.25, 0.3) is 0 Å². The minimum absolute atomic E-state index is 0.285. The minimum Gasteiger partial charge on any atom is -0.379 e. The van der Waals surface area contributed by atoms with Gasteiger partial charge in [-0.3, -0.25) is 4.90 Å². The van der Waals surface area contributed by atoms with E-state index in [0.717, 1.165) is 44.2 Å². The van der Waals surface area contributed by atoms with Gasteiger partial charge in [0.05, 0.1) is 13.2 Å². The molecule has 1 aliphatic heterocycles. The molecule has 0 bridgehead atoms. The first-order valence-corrected chi connectivity index (χ1v) is 8.12. The van der Waals surface area contributed by atoms with Crippen LogP contribution in [0.2, 0.25) is 0 Å². The zero-order valence-electron chi connectivity index (χ0n) is 12.1. The maximum Gasteiger partial charge on any atom is 0.210 e. The summed E-state index contributed by atoms with van der Waals surface area (Å²) in [5, 5.41) is 8.86. The summed E-state index contributed by atoms with van der Waals surface area (Å²) in [5.41, 5.74) is 0.747. The lowest BCUT2D eigenvalue weighted by Gasteiger charge is -2.26. The average Bonchev–Trinajstić information content (AvgIpc) is 2.90. The van der Waals surface area contributed by atoms with Crippen LogP contribution in [-0.2, 0) is 4.74 Å². The third kappa shape index (κ3) is 3.57. The molecule has 0 amide bonds. The Balaban J connectivity index is 1.59. The first-order chi connectivity index (χ1) is 10.7. The molecular weight excluding hydrogens is 305 g/mol. The van der Waals surface area contributed by atoms with Gasteiger partial charge in [0.2, 0.25) is 5.16 Å². The number of nitrogens with two attached hydrogens (primary N) is 1. The van der Waals surface area contributed by atoms with Crippen LogP contribution in [0.15, 0.2) is 29.4 Å². The fraction of sp³-hybridized carbons (Fsp3) is 0.429. The van der Waals surface area contributed by atoms with Crippen LogP contribution in [0.4, 0.5) is 4.39 Å². The summed E-state index contributed by atoms with van der Waals surface area (Å²) >= 11 is 1.57. The lowest BCUT2D eigenvalue weighted by Crippen LogP contribution is -2.37. The zero-order chi connectivity index (χ0) is 15.4. The molecule has 0 unspecified atom stereocenters. The number of nitrogen functional groups attached to an aromatic ring is 1. The molecule has 22 heavy (non-hydrogen) atoms. The van der Waals surface area contributed by atoms with Crippen LogP contribution in [0.25, 0.3) is 11.4 Å². The highest BCUT2D eigenvalue weighted by atomic mass is 32.2. The summed E-state index contributed by atoms with van der Waals surface area (Å²) in [4.78, 5) is 2.36. The molecule has 6 nitrogen and oxygen atoms in total. The van der Waals surface area contributed by atoms with Crippen LogP contribution in [0.5, 0.6) is 0 Å².